The van der Waals surface area contributed by atoms with E-state index < -0.39 is 5.97 Å². The Morgan fingerprint density at radius 2 is 2.00 bits per heavy atom. The Hall–Kier alpha value is -2.76. The van der Waals surface area contributed by atoms with Crippen LogP contribution in [0.3, 0.4) is 0 Å². The van der Waals surface area contributed by atoms with Crippen LogP contribution in [0, 0.1) is 5.82 Å². The summed E-state index contributed by atoms with van der Waals surface area (Å²) < 4.78 is 14.7. The molecule has 0 aliphatic heterocycles. The first kappa shape index (κ1) is 12.3. The van der Waals surface area contributed by atoms with Crippen LogP contribution in [0.5, 0.6) is 0 Å². The minimum Gasteiger partial charge on any atom is -0.477 e. The average molecular weight is 271 g/mol. The van der Waals surface area contributed by atoms with Gasteiger partial charge in [0.2, 0.25) is 0 Å². The van der Waals surface area contributed by atoms with Crippen molar-refractivity contribution in [3.8, 4) is 0 Å². The van der Waals surface area contributed by atoms with Crippen LogP contribution in [0.25, 0.3) is 11.0 Å². The van der Waals surface area contributed by atoms with Gasteiger partial charge in [-0.2, -0.15) is 0 Å². The van der Waals surface area contributed by atoms with Crippen LogP contribution in [0.2, 0.25) is 0 Å². The van der Waals surface area contributed by atoms with Crippen molar-refractivity contribution in [1.29, 1.82) is 0 Å². The first-order valence-electron chi connectivity index (χ1n) is 5.92. The van der Waals surface area contributed by atoms with Gasteiger partial charge in [0, 0.05) is 6.54 Å². The van der Waals surface area contributed by atoms with Gasteiger partial charge in [-0.15, -0.1) is 0 Å². The summed E-state index contributed by atoms with van der Waals surface area (Å²) in [6.07, 6.45) is 3.04. The minimum atomic E-state index is -1.08. The molecular formula is C14H10FN3O2. The van der Waals surface area contributed by atoms with Gasteiger partial charge in [-0.25, -0.2) is 19.2 Å². The second-order valence-electron chi connectivity index (χ2n) is 4.36. The lowest BCUT2D eigenvalue weighted by molar-refractivity contribution is 0.0690. The summed E-state index contributed by atoms with van der Waals surface area (Å²) in [5, 5.41) is 8.96. The van der Waals surface area contributed by atoms with Crippen LogP contribution in [0.15, 0.2) is 42.9 Å². The lowest BCUT2D eigenvalue weighted by Crippen LogP contribution is -2.02. The summed E-state index contributed by atoms with van der Waals surface area (Å²) in [4.78, 5) is 18.9. The Labute approximate surface area is 113 Å². The Balaban J connectivity index is 2.00. The number of fused-ring (bicyclic) bond motifs is 1. The van der Waals surface area contributed by atoms with Crippen LogP contribution in [0.4, 0.5) is 4.39 Å². The summed E-state index contributed by atoms with van der Waals surface area (Å²) in [6.45, 7) is 0.486. The van der Waals surface area contributed by atoms with Crippen molar-refractivity contribution >= 4 is 17.0 Å². The van der Waals surface area contributed by atoms with Crippen LogP contribution < -0.4 is 0 Å². The van der Waals surface area contributed by atoms with Crippen molar-refractivity contribution in [1.82, 2.24) is 14.5 Å². The van der Waals surface area contributed by atoms with E-state index in [0.717, 1.165) is 5.56 Å². The van der Waals surface area contributed by atoms with Crippen LogP contribution in [0.1, 0.15) is 16.1 Å². The molecule has 0 atom stereocenters. The number of carboxylic acids is 1. The first-order chi connectivity index (χ1) is 9.63. The molecular weight excluding hydrogens is 261 g/mol. The maximum absolute atomic E-state index is 12.9. The van der Waals surface area contributed by atoms with Crippen LogP contribution in [-0.4, -0.2) is 25.6 Å². The zero-order valence-electron chi connectivity index (χ0n) is 10.3. The fourth-order valence-electron chi connectivity index (χ4n) is 1.99. The molecule has 2 heterocycles. The molecule has 5 nitrogen and oxygen atoms in total. The smallest absolute Gasteiger partial charge is 0.354 e. The van der Waals surface area contributed by atoms with E-state index in [1.165, 1.54) is 24.4 Å². The molecule has 3 rings (SSSR count). The number of aromatic nitrogens is 3. The lowest BCUT2D eigenvalue weighted by atomic mass is 10.2. The van der Waals surface area contributed by atoms with Gasteiger partial charge < -0.3 is 9.67 Å². The third-order valence-electron chi connectivity index (χ3n) is 2.99. The van der Waals surface area contributed by atoms with Crippen LogP contribution >= 0.6 is 0 Å². The predicted octanol–water partition coefficient (Wildman–Crippen LogP) is 2.32. The molecule has 6 heteroatoms. The number of imidazole rings is 1. The molecule has 1 aromatic carbocycles. The number of pyridine rings is 1. The summed E-state index contributed by atoms with van der Waals surface area (Å²) in [5.74, 6) is -1.37. The van der Waals surface area contributed by atoms with Crippen molar-refractivity contribution in [2.75, 3.05) is 0 Å². The third kappa shape index (κ3) is 2.23. The number of hydrogen-bond donors (Lipinski definition) is 1. The number of hydrogen-bond acceptors (Lipinski definition) is 3. The summed E-state index contributed by atoms with van der Waals surface area (Å²) in [7, 11) is 0. The number of rotatable bonds is 3. The van der Waals surface area contributed by atoms with E-state index in [9.17, 15) is 9.18 Å². The molecule has 0 bridgehead atoms. The number of nitrogens with zero attached hydrogens (tertiary/aromatic N) is 3. The molecule has 20 heavy (non-hydrogen) atoms. The highest BCUT2D eigenvalue weighted by molar-refractivity contribution is 5.89. The Kier molecular flexibility index (Phi) is 2.90. The molecule has 100 valence electrons. The van der Waals surface area contributed by atoms with Gasteiger partial charge in [0.15, 0.2) is 0 Å². The highest BCUT2D eigenvalue weighted by Crippen LogP contribution is 2.15. The molecule has 0 unspecified atom stereocenters. The Morgan fingerprint density at radius 1 is 1.25 bits per heavy atom. The molecule has 0 saturated carbocycles. The first-order valence-corrected chi connectivity index (χ1v) is 5.92. The van der Waals surface area contributed by atoms with E-state index in [0.29, 0.717) is 17.6 Å². The monoisotopic (exact) mass is 271 g/mol. The topological polar surface area (TPSA) is 68.0 Å². The number of carboxylic acid groups (broad SMARTS) is 1. The van der Waals surface area contributed by atoms with Gasteiger partial charge in [-0.05, 0) is 23.8 Å². The van der Waals surface area contributed by atoms with Gasteiger partial charge in [0.25, 0.3) is 0 Å². The summed E-state index contributed by atoms with van der Waals surface area (Å²) in [5.41, 5.74) is 2.18. The summed E-state index contributed by atoms with van der Waals surface area (Å²) >= 11 is 0. The van der Waals surface area contributed by atoms with E-state index in [-0.39, 0.29) is 11.5 Å². The molecule has 0 spiro atoms. The normalized spacial score (nSPS) is 10.8. The van der Waals surface area contributed by atoms with Gasteiger partial charge in [-0.3, -0.25) is 0 Å². The minimum absolute atomic E-state index is 0.0293. The maximum Gasteiger partial charge on any atom is 0.354 e. The Morgan fingerprint density at radius 3 is 2.70 bits per heavy atom. The standard InChI is InChI=1S/C14H10FN3O2/c15-10-3-1-9(2-4-10)7-18-8-17-12-6-16-11(14(19)20)5-13(12)18/h1-6,8H,7H2,(H,19,20). The van der Waals surface area contributed by atoms with E-state index in [4.69, 9.17) is 5.11 Å². The highest BCUT2D eigenvalue weighted by Gasteiger charge is 2.09. The van der Waals surface area contributed by atoms with Crippen molar-refractivity contribution < 1.29 is 14.3 Å². The molecule has 3 aromatic rings. The third-order valence-corrected chi connectivity index (χ3v) is 2.99. The number of carbonyl (C=O) groups is 1. The molecule has 2 aromatic heterocycles. The molecule has 1 N–H and O–H groups in total. The zero-order valence-corrected chi connectivity index (χ0v) is 10.3. The maximum atomic E-state index is 12.9. The molecule has 0 amide bonds. The predicted molar refractivity (Wildman–Crippen MR) is 70.0 cm³/mol. The van der Waals surface area contributed by atoms with Crippen molar-refractivity contribution in [2.45, 2.75) is 6.54 Å². The SMILES string of the molecule is O=C(O)c1cc2c(cn1)ncn2Cc1ccc(F)cc1. The van der Waals surface area contributed by atoms with E-state index in [2.05, 4.69) is 9.97 Å². The van der Waals surface area contributed by atoms with Gasteiger partial charge in [0.1, 0.15) is 17.0 Å². The van der Waals surface area contributed by atoms with Crippen molar-refractivity contribution in [2.24, 2.45) is 0 Å². The van der Waals surface area contributed by atoms with Gasteiger partial charge in [-0.1, -0.05) is 12.1 Å². The number of halogens is 1. The number of benzene rings is 1. The molecule has 0 radical (unpaired) electrons. The largest absolute Gasteiger partial charge is 0.477 e. The van der Waals surface area contributed by atoms with Gasteiger partial charge in [0.05, 0.1) is 18.0 Å². The second-order valence-corrected chi connectivity index (χ2v) is 4.36. The van der Waals surface area contributed by atoms with E-state index in [1.807, 2.05) is 0 Å². The second kappa shape index (κ2) is 4.73. The van der Waals surface area contributed by atoms with Crippen LogP contribution in [-0.2, 0) is 6.54 Å². The summed E-state index contributed by atoms with van der Waals surface area (Å²) in [6, 6.07) is 7.62. The average Bonchev–Trinajstić information content (AvgIpc) is 2.84. The molecule has 0 saturated heterocycles. The van der Waals surface area contributed by atoms with Crippen molar-refractivity contribution in [3.05, 3.63) is 59.9 Å². The highest BCUT2D eigenvalue weighted by atomic mass is 19.1. The fraction of sp³-hybridized carbons (Fsp3) is 0.0714. The lowest BCUT2D eigenvalue weighted by Gasteiger charge is -2.05. The fourth-order valence-corrected chi connectivity index (χ4v) is 1.99. The molecule has 0 aliphatic carbocycles. The van der Waals surface area contributed by atoms with E-state index in [1.54, 1.807) is 23.0 Å². The number of aromatic carboxylic acids is 1. The Bertz CT molecular complexity index is 781. The quantitative estimate of drug-likeness (QED) is 0.793. The zero-order chi connectivity index (χ0) is 14.1. The van der Waals surface area contributed by atoms with Crippen molar-refractivity contribution in [3.63, 3.8) is 0 Å². The molecule has 0 fully saturated rings. The molecule has 0 aliphatic rings. The van der Waals surface area contributed by atoms with Gasteiger partial charge >= 0.3 is 5.97 Å². The van der Waals surface area contributed by atoms with E-state index >= 15 is 0 Å².